The third kappa shape index (κ3) is 3.11. The maximum atomic E-state index is 12.3. The molecule has 1 aliphatic heterocycles. The van der Waals surface area contributed by atoms with E-state index in [4.69, 9.17) is 22.7 Å². The lowest BCUT2D eigenvalue weighted by Gasteiger charge is -2.32. The third-order valence-electron chi connectivity index (χ3n) is 2.56. The van der Waals surface area contributed by atoms with E-state index in [2.05, 4.69) is 31.9 Å². The van der Waals surface area contributed by atoms with Crippen molar-refractivity contribution in [3.63, 3.8) is 0 Å². The minimum atomic E-state index is -0.349. The Bertz CT molecular complexity index is 492. The fourth-order valence-corrected chi connectivity index (χ4v) is 4.58. The number of rotatable bonds is 2. The average molecular weight is 414 g/mol. The van der Waals surface area contributed by atoms with Crippen molar-refractivity contribution >= 4 is 66.3 Å². The molecule has 98 valence electrons. The van der Waals surface area contributed by atoms with E-state index in [-0.39, 0.29) is 17.0 Å². The number of nitrogens with two attached hydrogens (primary N) is 1. The molecule has 0 aliphatic carbocycles. The Hall–Kier alpha value is -0.0200. The fraction of sp³-hybridized carbons (Fsp3) is 0.400. The minimum absolute atomic E-state index is 0.0339. The number of hydrogen-bond donors (Lipinski definition) is 1. The summed E-state index contributed by atoms with van der Waals surface area (Å²) in [5, 5.41) is 0. The number of ether oxygens (including phenoxy) is 1. The lowest BCUT2D eigenvalue weighted by atomic mass is 10.2. The van der Waals surface area contributed by atoms with Gasteiger partial charge >= 0.3 is 0 Å². The second-order valence-corrected chi connectivity index (χ2v) is 7.97. The van der Waals surface area contributed by atoms with Gasteiger partial charge in [0.25, 0.3) is 5.91 Å². The van der Waals surface area contributed by atoms with Crippen LogP contribution in [0.2, 0.25) is 0 Å². The van der Waals surface area contributed by atoms with Gasteiger partial charge < -0.3 is 15.4 Å². The summed E-state index contributed by atoms with van der Waals surface area (Å²) >= 11 is 13.1. The molecular formula is C10H10Br2N2O2S2. The standard InChI is InChI=1S/C10H10Br2N2O2S2/c11-7-3-5(8(12)18-7)10(15)14-1-2-16-6(4-14)9(13)17/h3,6H,1-2,4H2,(H2,13,17). The fourth-order valence-electron chi connectivity index (χ4n) is 1.66. The smallest absolute Gasteiger partial charge is 0.256 e. The van der Waals surface area contributed by atoms with E-state index in [1.807, 2.05) is 6.07 Å². The zero-order chi connectivity index (χ0) is 13.3. The summed E-state index contributed by atoms with van der Waals surface area (Å²) in [6.07, 6.45) is -0.349. The number of thiophene rings is 1. The van der Waals surface area contributed by atoms with Crippen LogP contribution < -0.4 is 5.73 Å². The quantitative estimate of drug-likeness (QED) is 0.756. The molecule has 1 amide bonds. The van der Waals surface area contributed by atoms with Crippen LogP contribution in [0.5, 0.6) is 0 Å². The van der Waals surface area contributed by atoms with Gasteiger partial charge in [-0.3, -0.25) is 4.79 Å². The SMILES string of the molecule is NC(=S)C1CN(C(=O)c2cc(Br)sc2Br)CCO1. The lowest BCUT2D eigenvalue weighted by Crippen LogP contribution is -2.49. The van der Waals surface area contributed by atoms with Crippen molar-refractivity contribution < 1.29 is 9.53 Å². The Morgan fingerprint density at radius 3 is 2.89 bits per heavy atom. The summed E-state index contributed by atoms with van der Waals surface area (Å²) in [5.41, 5.74) is 6.20. The highest BCUT2D eigenvalue weighted by atomic mass is 79.9. The molecule has 1 atom stereocenters. The number of thiocarbonyl (C=S) groups is 1. The summed E-state index contributed by atoms with van der Waals surface area (Å²) in [6.45, 7) is 1.42. The van der Waals surface area contributed by atoms with Crippen LogP contribution in [0.3, 0.4) is 0 Å². The van der Waals surface area contributed by atoms with Crippen molar-refractivity contribution in [3.05, 3.63) is 19.2 Å². The van der Waals surface area contributed by atoms with Gasteiger partial charge in [-0.25, -0.2) is 0 Å². The number of amides is 1. The number of morpholine rings is 1. The van der Waals surface area contributed by atoms with Crippen molar-refractivity contribution in [1.29, 1.82) is 0 Å². The second kappa shape index (κ2) is 5.96. The first-order valence-corrected chi connectivity index (χ1v) is 7.95. The van der Waals surface area contributed by atoms with Crippen LogP contribution in [0.1, 0.15) is 10.4 Å². The van der Waals surface area contributed by atoms with E-state index in [1.54, 1.807) is 4.90 Å². The van der Waals surface area contributed by atoms with E-state index < -0.39 is 0 Å². The van der Waals surface area contributed by atoms with Gasteiger partial charge in [0.2, 0.25) is 0 Å². The Labute approximate surface area is 131 Å². The highest BCUT2D eigenvalue weighted by molar-refractivity contribution is 9.12. The number of hydrogen-bond acceptors (Lipinski definition) is 4. The van der Waals surface area contributed by atoms with Gasteiger partial charge in [0.1, 0.15) is 11.1 Å². The summed E-state index contributed by atoms with van der Waals surface area (Å²) in [4.78, 5) is 14.3. The lowest BCUT2D eigenvalue weighted by molar-refractivity contribution is 0.00877. The zero-order valence-electron chi connectivity index (χ0n) is 9.19. The topological polar surface area (TPSA) is 55.6 Å². The van der Waals surface area contributed by atoms with Gasteiger partial charge in [0.15, 0.2) is 0 Å². The predicted molar refractivity (Wildman–Crippen MR) is 82.1 cm³/mol. The highest BCUT2D eigenvalue weighted by Crippen LogP contribution is 2.32. The number of carbonyl (C=O) groups is 1. The van der Waals surface area contributed by atoms with E-state index in [9.17, 15) is 4.79 Å². The molecule has 4 nitrogen and oxygen atoms in total. The van der Waals surface area contributed by atoms with Crippen LogP contribution in [0.25, 0.3) is 0 Å². The molecule has 1 aliphatic rings. The van der Waals surface area contributed by atoms with Gasteiger partial charge in [-0.2, -0.15) is 0 Å². The molecule has 0 spiro atoms. The van der Waals surface area contributed by atoms with Crippen molar-refractivity contribution in [2.24, 2.45) is 5.73 Å². The summed E-state index contributed by atoms with van der Waals surface area (Å²) < 4.78 is 7.14. The van der Waals surface area contributed by atoms with Crippen LogP contribution in [-0.4, -0.2) is 41.6 Å². The Kier molecular flexibility index (Phi) is 4.76. The normalized spacial score (nSPS) is 19.9. The maximum Gasteiger partial charge on any atom is 0.256 e. The molecule has 1 fully saturated rings. The van der Waals surface area contributed by atoms with Crippen LogP contribution >= 0.6 is 55.4 Å². The van der Waals surface area contributed by atoms with Crippen molar-refractivity contribution in [2.45, 2.75) is 6.10 Å². The van der Waals surface area contributed by atoms with Crippen molar-refractivity contribution in [1.82, 2.24) is 4.90 Å². The molecule has 1 aromatic heterocycles. The van der Waals surface area contributed by atoms with Gasteiger partial charge in [0, 0.05) is 6.54 Å². The van der Waals surface area contributed by atoms with E-state index in [0.717, 1.165) is 7.57 Å². The van der Waals surface area contributed by atoms with Gasteiger partial charge in [-0.1, -0.05) is 12.2 Å². The summed E-state index contributed by atoms with van der Waals surface area (Å²) in [6, 6.07) is 1.81. The molecule has 2 heterocycles. The highest BCUT2D eigenvalue weighted by Gasteiger charge is 2.28. The van der Waals surface area contributed by atoms with Gasteiger partial charge in [0.05, 0.1) is 26.3 Å². The Balaban J connectivity index is 2.14. The number of carbonyl (C=O) groups excluding carboxylic acids is 1. The first-order valence-electron chi connectivity index (χ1n) is 5.14. The van der Waals surface area contributed by atoms with Crippen LogP contribution in [0, 0.1) is 0 Å². The third-order valence-corrected chi connectivity index (χ3v) is 5.16. The molecule has 1 unspecified atom stereocenters. The average Bonchev–Trinajstić information content (AvgIpc) is 2.67. The molecule has 2 rings (SSSR count). The van der Waals surface area contributed by atoms with E-state index in [1.165, 1.54) is 11.3 Å². The first kappa shape index (κ1) is 14.4. The monoisotopic (exact) mass is 412 g/mol. The molecule has 0 saturated carbocycles. The second-order valence-electron chi connectivity index (χ2n) is 3.75. The molecule has 0 radical (unpaired) electrons. The summed E-state index contributed by atoms with van der Waals surface area (Å²) in [5.74, 6) is -0.0339. The van der Waals surface area contributed by atoms with Gasteiger partial charge in [-0.15, -0.1) is 11.3 Å². The minimum Gasteiger partial charge on any atom is -0.391 e. The van der Waals surface area contributed by atoms with Gasteiger partial charge in [-0.05, 0) is 37.9 Å². The van der Waals surface area contributed by atoms with Crippen molar-refractivity contribution in [2.75, 3.05) is 19.7 Å². The number of nitrogens with zero attached hydrogens (tertiary/aromatic N) is 1. The summed E-state index contributed by atoms with van der Waals surface area (Å²) in [7, 11) is 0. The predicted octanol–water partition coefficient (Wildman–Crippen LogP) is 2.40. The Morgan fingerprint density at radius 1 is 1.61 bits per heavy atom. The molecule has 18 heavy (non-hydrogen) atoms. The molecule has 1 aromatic rings. The molecular weight excluding hydrogens is 404 g/mol. The van der Waals surface area contributed by atoms with E-state index >= 15 is 0 Å². The number of halogens is 2. The molecule has 2 N–H and O–H groups in total. The zero-order valence-corrected chi connectivity index (χ0v) is 14.0. The Morgan fingerprint density at radius 2 is 2.33 bits per heavy atom. The molecule has 1 saturated heterocycles. The van der Waals surface area contributed by atoms with Crippen LogP contribution in [-0.2, 0) is 4.74 Å². The largest absolute Gasteiger partial charge is 0.391 e. The van der Waals surface area contributed by atoms with Crippen molar-refractivity contribution in [3.8, 4) is 0 Å². The first-order chi connectivity index (χ1) is 8.49. The maximum absolute atomic E-state index is 12.3. The van der Waals surface area contributed by atoms with E-state index in [0.29, 0.717) is 25.3 Å². The molecule has 8 heteroatoms. The van der Waals surface area contributed by atoms with Crippen LogP contribution in [0.4, 0.5) is 0 Å². The van der Waals surface area contributed by atoms with Crippen LogP contribution in [0.15, 0.2) is 13.6 Å². The molecule has 0 aromatic carbocycles. The molecule has 0 bridgehead atoms.